The molecule has 0 unspecified atom stereocenters. The van der Waals surface area contributed by atoms with Crippen molar-refractivity contribution in [3.8, 4) is 16.9 Å². The Hall–Kier alpha value is -2.60. The SMILES string of the molecule is CCCc1nc(Cl)c2c(n1)[nH]c1cc(-c3c(C)noc3C)c(OC)cc12. The standard InChI is InChI=1S/C19H19ClN4O2/c1-5-6-15-22-18(20)17-11-8-14(25-4)12(7-13(11)21-19(17)23-15)16-9(2)24-26-10(16)3/h7-8H,5-6H2,1-4H3,(H,21,22,23). The molecule has 1 N–H and O–H groups in total. The topological polar surface area (TPSA) is 76.8 Å². The minimum absolute atomic E-state index is 0.455. The van der Waals surface area contributed by atoms with Crippen LogP contribution in [0.3, 0.4) is 0 Å². The van der Waals surface area contributed by atoms with Crippen LogP contribution >= 0.6 is 11.6 Å². The number of methoxy groups -OCH3 is 1. The second-order valence-electron chi connectivity index (χ2n) is 6.33. The van der Waals surface area contributed by atoms with E-state index in [2.05, 4.69) is 27.0 Å². The number of aryl methyl sites for hydroxylation is 3. The number of hydrogen-bond donors (Lipinski definition) is 1. The van der Waals surface area contributed by atoms with Gasteiger partial charge in [-0.25, -0.2) is 9.97 Å². The largest absolute Gasteiger partial charge is 0.496 e. The molecule has 1 aromatic carbocycles. The van der Waals surface area contributed by atoms with E-state index in [1.54, 1.807) is 7.11 Å². The second-order valence-corrected chi connectivity index (χ2v) is 6.68. The minimum atomic E-state index is 0.455. The average Bonchev–Trinajstić information content (AvgIpc) is 3.13. The average molecular weight is 371 g/mol. The Kier molecular flexibility index (Phi) is 4.07. The lowest BCUT2D eigenvalue weighted by atomic mass is 10.0. The molecule has 0 atom stereocenters. The van der Waals surface area contributed by atoms with Crippen molar-refractivity contribution in [1.29, 1.82) is 0 Å². The van der Waals surface area contributed by atoms with E-state index in [0.717, 1.165) is 68.9 Å². The molecule has 0 aliphatic carbocycles. The number of ether oxygens (including phenoxy) is 1. The quantitative estimate of drug-likeness (QED) is 0.511. The summed E-state index contributed by atoms with van der Waals surface area (Å²) in [6.45, 7) is 5.90. The number of fused-ring (bicyclic) bond motifs is 3. The summed E-state index contributed by atoms with van der Waals surface area (Å²) < 4.78 is 11.0. The van der Waals surface area contributed by atoms with Crippen molar-refractivity contribution >= 4 is 33.5 Å². The maximum Gasteiger partial charge on any atom is 0.143 e. The Morgan fingerprint density at radius 2 is 2.04 bits per heavy atom. The van der Waals surface area contributed by atoms with Gasteiger partial charge < -0.3 is 14.2 Å². The van der Waals surface area contributed by atoms with Gasteiger partial charge in [-0.05, 0) is 32.4 Å². The van der Waals surface area contributed by atoms with Gasteiger partial charge in [-0.15, -0.1) is 0 Å². The molecule has 4 aromatic rings. The molecule has 0 radical (unpaired) electrons. The molecule has 0 amide bonds. The van der Waals surface area contributed by atoms with Crippen molar-refractivity contribution in [3.05, 3.63) is 34.6 Å². The molecule has 0 saturated carbocycles. The first-order chi connectivity index (χ1) is 12.5. The highest BCUT2D eigenvalue weighted by Crippen LogP contribution is 2.40. The molecule has 0 saturated heterocycles. The number of H-pyrrole nitrogens is 1. The second kappa shape index (κ2) is 6.29. The summed E-state index contributed by atoms with van der Waals surface area (Å²) in [5.41, 5.74) is 4.33. The van der Waals surface area contributed by atoms with E-state index in [0.29, 0.717) is 5.15 Å². The molecule has 26 heavy (non-hydrogen) atoms. The normalized spacial score (nSPS) is 11.6. The van der Waals surface area contributed by atoms with Gasteiger partial charge in [-0.3, -0.25) is 0 Å². The smallest absolute Gasteiger partial charge is 0.143 e. The first-order valence-corrected chi connectivity index (χ1v) is 8.90. The van der Waals surface area contributed by atoms with E-state index in [4.69, 9.17) is 20.9 Å². The highest BCUT2D eigenvalue weighted by atomic mass is 35.5. The molecule has 6 nitrogen and oxygen atoms in total. The fourth-order valence-corrected chi connectivity index (χ4v) is 3.68. The number of nitrogens with zero attached hydrogens (tertiary/aromatic N) is 3. The summed E-state index contributed by atoms with van der Waals surface area (Å²) in [7, 11) is 1.65. The summed E-state index contributed by atoms with van der Waals surface area (Å²) in [6, 6.07) is 3.99. The van der Waals surface area contributed by atoms with E-state index in [1.807, 2.05) is 26.0 Å². The first-order valence-electron chi connectivity index (χ1n) is 8.52. The summed E-state index contributed by atoms with van der Waals surface area (Å²) in [5, 5.41) is 6.25. The summed E-state index contributed by atoms with van der Waals surface area (Å²) in [6.07, 6.45) is 1.75. The zero-order chi connectivity index (χ0) is 18.4. The Balaban J connectivity index is 2.02. The summed E-state index contributed by atoms with van der Waals surface area (Å²) in [4.78, 5) is 12.4. The summed E-state index contributed by atoms with van der Waals surface area (Å²) in [5.74, 6) is 2.22. The molecule has 0 aliphatic heterocycles. The molecule has 134 valence electrons. The van der Waals surface area contributed by atoms with Gasteiger partial charge in [0.25, 0.3) is 0 Å². The zero-order valence-corrected chi connectivity index (χ0v) is 15.9. The van der Waals surface area contributed by atoms with Crippen LogP contribution in [-0.2, 0) is 6.42 Å². The van der Waals surface area contributed by atoms with Crippen LogP contribution in [0.15, 0.2) is 16.7 Å². The van der Waals surface area contributed by atoms with Crippen LogP contribution in [0.1, 0.15) is 30.6 Å². The maximum absolute atomic E-state index is 6.47. The van der Waals surface area contributed by atoms with E-state index >= 15 is 0 Å². The van der Waals surface area contributed by atoms with Gasteiger partial charge in [0.1, 0.15) is 28.1 Å². The van der Waals surface area contributed by atoms with Crippen molar-refractivity contribution in [2.24, 2.45) is 0 Å². The van der Waals surface area contributed by atoms with Gasteiger partial charge >= 0.3 is 0 Å². The molecule has 0 aliphatic rings. The number of nitrogens with one attached hydrogen (secondary N) is 1. The fraction of sp³-hybridized carbons (Fsp3) is 0.316. The molecule has 3 aromatic heterocycles. The van der Waals surface area contributed by atoms with Crippen molar-refractivity contribution in [3.63, 3.8) is 0 Å². The third-order valence-electron chi connectivity index (χ3n) is 4.55. The third kappa shape index (κ3) is 2.52. The lowest BCUT2D eigenvalue weighted by molar-refractivity contribution is 0.393. The Bertz CT molecular complexity index is 1110. The van der Waals surface area contributed by atoms with Gasteiger partial charge in [0.15, 0.2) is 0 Å². The van der Waals surface area contributed by atoms with Crippen molar-refractivity contribution in [2.45, 2.75) is 33.6 Å². The summed E-state index contributed by atoms with van der Waals surface area (Å²) >= 11 is 6.47. The van der Waals surface area contributed by atoms with Crippen LogP contribution in [0.2, 0.25) is 5.15 Å². The van der Waals surface area contributed by atoms with Crippen LogP contribution in [-0.4, -0.2) is 27.2 Å². The number of rotatable bonds is 4. The Labute approximate surface area is 155 Å². The fourth-order valence-electron chi connectivity index (χ4n) is 3.39. The molecule has 0 spiro atoms. The lowest BCUT2D eigenvalue weighted by Crippen LogP contribution is -1.95. The minimum Gasteiger partial charge on any atom is -0.496 e. The molecule has 4 rings (SSSR count). The molecule has 0 bridgehead atoms. The zero-order valence-electron chi connectivity index (χ0n) is 15.1. The molecule has 7 heteroatoms. The van der Waals surface area contributed by atoms with Gasteiger partial charge in [-0.1, -0.05) is 23.7 Å². The van der Waals surface area contributed by atoms with Crippen LogP contribution in [0.5, 0.6) is 5.75 Å². The van der Waals surface area contributed by atoms with Gasteiger partial charge in [-0.2, -0.15) is 0 Å². The highest BCUT2D eigenvalue weighted by molar-refractivity contribution is 6.36. The molecule has 3 heterocycles. The van der Waals surface area contributed by atoms with Crippen molar-refractivity contribution in [2.75, 3.05) is 7.11 Å². The number of hydrogen-bond acceptors (Lipinski definition) is 5. The maximum atomic E-state index is 6.47. The predicted octanol–water partition coefficient (Wildman–Crippen LogP) is 5.00. The predicted molar refractivity (Wildman–Crippen MR) is 102 cm³/mol. The number of aromatic amines is 1. The van der Waals surface area contributed by atoms with E-state index < -0.39 is 0 Å². The van der Waals surface area contributed by atoms with Crippen LogP contribution < -0.4 is 4.74 Å². The highest BCUT2D eigenvalue weighted by Gasteiger charge is 2.20. The Morgan fingerprint density at radius 3 is 2.69 bits per heavy atom. The van der Waals surface area contributed by atoms with Gasteiger partial charge in [0.2, 0.25) is 0 Å². The molecular weight excluding hydrogens is 352 g/mol. The molecule has 0 fully saturated rings. The third-order valence-corrected chi connectivity index (χ3v) is 4.82. The monoisotopic (exact) mass is 370 g/mol. The first kappa shape index (κ1) is 16.8. The van der Waals surface area contributed by atoms with Gasteiger partial charge in [0, 0.05) is 22.9 Å². The number of benzene rings is 1. The van der Waals surface area contributed by atoms with E-state index in [1.165, 1.54) is 0 Å². The number of aromatic nitrogens is 4. The van der Waals surface area contributed by atoms with Crippen molar-refractivity contribution < 1.29 is 9.26 Å². The van der Waals surface area contributed by atoms with E-state index in [9.17, 15) is 0 Å². The van der Waals surface area contributed by atoms with Gasteiger partial charge in [0.05, 0.1) is 23.8 Å². The van der Waals surface area contributed by atoms with Crippen LogP contribution in [0, 0.1) is 13.8 Å². The Morgan fingerprint density at radius 1 is 1.23 bits per heavy atom. The molecular formula is C19H19ClN4O2. The lowest BCUT2D eigenvalue weighted by Gasteiger charge is -2.09. The number of halogens is 1. The van der Waals surface area contributed by atoms with Crippen molar-refractivity contribution in [1.82, 2.24) is 20.1 Å². The van der Waals surface area contributed by atoms with Crippen LogP contribution in [0.25, 0.3) is 33.1 Å². The van der Waals surface area contributed by atoms with E-state index in [-0.39, 0.29) is 0 Å². The van der Waals surface area contributed by atoms with Crippen LogP contribution in [0.4, 0.5) is 0 Å².